The number of ether oxygens (including phenoxy) is 4. The molecule has 4 unspecified atom stereocenters. The first-order valence-corrected chi connectivity index (χ1v) is 36.7. The quantitative estimate of drug-likeness (QED) is 0.0222. The van der Waals surface area contributed by atoms with Crippen molar-refractivity contribution in [2.75, 3.05) is 39.6 Å². The molecule has 0 saturated carbocycles. The highest BCUT2D eigenvalue weighted by Crippen LogP contribution is 2.45. The van der Waals surface area contributed by atoms with Crippen molar-refractivity contribution in [3.63, 3.8) is 0 Å². The number of phosphoric acid groups is 2. The summed E-state index contributed by atoms with van der Waals surface area (Å²) in [5, 5.41) is 10.5. The lowest BCUT2D eigenvalue weighted by Gasteiger charge is -2.21. The van der Waals surface area contributed by atoms with Crippen molar-refractivity contribution in [2.45, 2.75) is 331 Å². The molecule has 3 N–H and O–H groups in total. The molecule has 0 spiro atoms. The Morgan fingerprint density at radius 1 is 0.333 bits per heavy atom. The molecule has 0 saturated heterocycles. The van der Waals surface area contributed by atoms with Gasteiger partial charge < -0.3 is 33.8 Å². The molecule has 498 valence electrons. The molecule has 0 aliphatic carbocycles. The Morgan fingerprint density at radius 2 is 0.571 bits per heavy atom. The number of rotatable bonds is 62. The number of carbonyl (C=O) groups is 4. The van der Waals surface area contributed by atoms with Crippen LogP contribution in [-0.4, -0.2) is 96.7 Å². The maximum absolute atomic E-state index is 13.0. The molecule has 0 heterocycles. The van der Waals surface area contributed by atoms with Crippen molar-refractivity contribution in [2.24, 2.45) is 23.7 Å². The van der Waals surface area contributed by atoms with Crippen LogP contribution < -0.4 is 0 Å². The Labute approximate surface area is 511 Å². The summed E-state index contributed by atoms with van der Waals surface area (Å²) in [5.74, 6) is 0.757. The molecule has 0 fully saturated rings. The zero-order valence-electron chi connectivity index (χ0n) is 54.5. The van der Waals surface area contributed by atoms with E-state index in [4.69, 9.17) is 37.0 Å². The van der Waals surface area contributed by atoms with Gasteiger partial charge in [-0.2, -0.15) is 0 Å². The average molecular weight is 1240 g/mol. The number of hydrogen-bond acceptors (Lipinski definition) is 15. The van der Waals surface area contributed by atoms with E-state index in [0.717, 1.165) is 115 Å². The van der Waals surface area contributed by atoms with Gasteiger partial charge >= 0.3 is 39.5 Å². The minimum atomic E-state index is -4.95. The topological polar surface area (TPSA) is 237 Å². The van der Waals surface area contributed by atoms with Gasteiger partial charge in [0.25, 0.3) is 0 Å². The molecule has 6 atom stereocenters. The largest absolute Gasteiger partial charge is 0.472 e. The Kier molecular flexibility index (Phi) is 53.9. The lowest BCUT2D eigenvalue weighted by atomic mass is 10.00. The first-order chi connectivity index (χ1) is 40.1. The second kappa shape index (κ2) is 55.2. The van der Waals surface area contributed by atoms with E-state index < -0.39 is 97.5 Å². The van der Waals surface area contributed by atoms with Crippen molar-refractivity contribution in [3.8, 4) is 0 Å². The van der Waals surface area contributed by atoms with Crippen molar-refractivity contribution < 1.29 is 80.2 Å². The van der Waals surface area contributed by atoms with Crippen LogP contribution in [0.2, 0.25) is 0 Å². The molecule has 0 aromatic carbocycles. The van der Waals surface area contributed by atoms with E-state index in [2.05, 4.69) is 55.4 Å². The monoisotopic (exact) mass is 1240 g/mol. The molecule has 0 radical (unpaired) electrons. The summed E-state index contributed by atoms with van der Waals surface area (Å²) in [6.07, 6.45) is 35.0. The molecular formula is C65H126O17P2. The standard InChI is InChI=1S/C65H126O17P2/c1-9-58(8)44-36-28-23-24-30-38-46-63(68)76-52-61(81-64(69)47-39-31-20-14-12-10-11-13-17-25-33-41-55(2)3)54-80-84(73,74)78-50-59(66)49-77-83(71,72)79-53-60(82-65(70)48-40-32-22-16-19-27-35-43-57(6)7)51-75-62(67)45-37-29-21-15-18-26-34-42-56(4)5/h55-61,66H,9-54H2,1-8H3,(H,71,72)(H,73,74)/t58?,59?,60-,61-/m1/s1. The number of aliphatic hydroxyl groups is 1. The summed E-state index contributed by atoms with van der Waals surface area (Å²) >= 11 is 0. The van der Waals surface area contributed by atoms with Crippen LogP contribution in [0.15, 0.2) is 0 Å². The van der Waals surface area contributed by atoms with Crippen LogP contribution in [0.1, 0.15) is 312 Å². The van der Waals surface area contributed by atoms with E-state index in [-0.39, 0.29) is 25.7 Å². The van der Waals surface area contributed by atoms with Crippen molar-refractivity contribution in [1.82, 2.24) is 0 Å². The fourth-order valence-corrected chi connectivity index (χ4v) is 11.2. The van der Waals surface area contributed by atoms with Gasteiger partial charge in [0, 0.05) is 25.7 Å². The minimum absolute atomic E-state index is 0.102. The van der Waals surface area contributed by atoms with Crippen LogP contribution in [0.25, 0.3) is 0 Å². The van der Waals surface area contributed by atoms with E-state index in [1.165, 1.54) is 103 Å². The lowest BCUT2D eigenvalue weighted by molar-refractivity contribution is -0.161. The zero-order chi connectivity index (χ0) is 62.5. The highest BCUT2D eigenvalue weighted by Gasteiger charge is 2.30. The van der Waals surface area contributed by atoms with Gasteiger partial charge in [0.05, 0.1) is 26.4 Å². The number of carbonyl (C=O) groups excluding carboxylic acids is 4. The van der Waals surface area contributed by atoms with Gasteiger partial charge in [-0.1, -0.05) is 261 Å². The van der Waals surface area contributed by atoms with Crippen molar-refractivity contribution in [3.05, 3.63) is 0 Å². The normalized spacial score (nSPS) is 14.7. The molecule has 0 aliphatic heterocycles. The van der Waals surface area contributed by atoms with Crippen LogP contribution in [-0.2, 0) is 65.4 Å². The van der Waals surface area contributed by atoms with Gasteiger partial charge in [-0.15, -0.1) is 0 Å². The molecule has 0 aliphatic rings. The second-order valence-electron chi connectivity index (χ2n) is 25.2. The highest BCUT2D eigenvalue weighted by atomic mass is 31.2. The highest BCUT2D eigenvalue weighted by molar-refractivity contribution is 7.47. The zero-order valence-corrected chi connectivity index (χ0v) is 56.3. The summed E-state index contributed by atoms with van der Waals surface area (Å²) in [6.45, 7) is 13.9. The van der Waals surface area contributed by atoms with E-state index >= 15 is 0 Å². The van der Waals surface area contributed by atoms with Crippen LogP contribution >= 0.6 is 15.6 Å². The van der Waals surface area contributed by atoms with Gasteiger partial charge in [-0.05, 0) is 49.4 Å². The summed E-state index contributed by atoms with van der Waals surface area (Å²) in [7, 11) is -9.89. The maximum atomic E-state index is 13.0. The number of esters is 4. The molecule has 19 heteroatoms. The van der Waals surface area contributed by atoms with E-state index in [0.29, 0.717) is 37.5 Å². The fraction of sp³-hybridized carbons (Fsp3) is 0.938. The first-order valence-electron chi connectivity index (χ1n) is 33.7. The molecule has 0 aromatic heterocycles. The smallest absolute Gasteiger partial charge is 0.462 e. The third-order valence-corrected chi connectivity index (χ3v) is 17.1. The SMILES string of the molecule is CCC(C)CCCCCCCCC(=O)OC[C@H](COP(=O)(O)OCC(O)COP(=O)(O)OC[C@@H](COC(=O)CCCCCCCCCC(C)C)OC(=O)CCCCCCCCCC(C)C)OC(=O)CCCCCCCCCCCCCC(C)C. The summed E-state index contributed by atoms with van der Waals surface area (Å²) in [6, 6.07) is 0. The molecule has 0 bridgehead atoms. The first kappa shape index (κ1) is 82.1. The van der Waals surface area contributed by atoms with E-state index in [9.17, 15) is 43.2 Å². The third kappa shape index (κ3) is 57.8. The molecule has 0 rings (SSSR count). The fourth-order valence-electron chi connectivity index (χ4n) is 9.57. The maximum Gasteiger partial charge on any atom is 0.472 e. The van der Waals surface area contributed by atoms with Crippen LogP contribution in [0.4, 0.5) is 0 Å². The molecule has 0 aromatic rings. The van der Waals surface area contributed by atoms with Crippen LogP contribution in [0.3, 0.4) is 0 Å². The Morgan fingerprint density at radius 3 is 0.845 bits per heavy atom. The predicted molar refractivity (Wildman–Crippen MR) is 335 cm³/mol. The van der Waals surface area contributed by atoms with E-state index in [1.54, 1.807) is 0 Å². The summed E-state index contributed by atoms with van der Waals surface area (Å²) in [5.41, 5.74) is 0. The van der Waals surface area contributed by atoms with Gasteiger partial charge in [0.1, 0.15) is 19.3 Å². The number of phosphoric ester groups is 2. The van der Waals surface area contributed by atoms with Gasteiger partial charge in [-0.3, -0.25) is 37.3 Å². The second-order valence-corrected chi connectivity index (χ2v) is 28.1. The van der Waals surface area contributed by atoms with Crippen LogP contribution in [0.5, 0.6) is 0 Å². The molecule has 0 amide bonds. The molecule has 17 nitrogen and oxygen atoms in total. The summed E-state index contributed by atoms with van der Waals surface area (Å²) in [4.78, 5) is 72.2. The molecule has 84 heavy (non-hydrogen) atoms. The molecular weight excluding hydrogens is 1110 g/mol. The minimum Gasteiger partial charge on any atom is -0.462 e. The van der Waals surface area contributed by atoms with E-state index in [1.807, 2.05) is 0 Å². The summed E-state index contributed by atoms with van der Waals surface area (Å²) < 4.78 is 68.0. The Balaban J connectivity index is 5.25. The Hall–Kier alpha value is -1.94. The van der Waals surface area contributed by atoms with Gasteiger partial charge in [0.2, 0.25) is 0 Å². The van der Waals surface area contributed by atoms with Crippen LogP contribution in [0, 0.1) is 23.7 Å². The average Bonchev–Trinajstić information content (AvgIpc) is 3.49. The van der Waals surface area contributed by atoms with Crippen molar-refractivity contribution in [1.29, 1.82) is 0 Å². The van der Waals surface area contributed by atoms with Gasteiger partial charge in [-0.25, -0.2) is 9.13 Å². The van der Waals surface area contributed by atoms with Crippen molar-refractivity contribution >= 4 is 39.5 Å². The predicted octanol–water partition coefficient (Wildman–Crippen LogP) is 17.8. The lowest BCUT2D eigenvalue weighted by Crippen LogP contribution is -2.30. The third-order valence-electron chi connectivity index (χ3n) is 15.2. The number of unbranched alkanes of at least 4 members (excludes halogenated alkanes) is 27. The number of hydrogen-bond donors (Lipinski definition) is 3. The van der Waals surface area contributed by atoms with Gasteiger partial charge in [0.15, 0.2) is 12.2 Å². The number of aliphatic hydroxyl groups excluding tert-OH is 1. The Bertz CT molecular complexity index is 1680.